The molecule has 1 atom stereocenters. The molecule has 0 aliphatic carbocycles. The molecule has 2 N–H and O–H groups in total. The van der Waals surface area contributed by atoms with Crippen LogP contribution in [0, 0.1) is 5.92 Å². The second kappa shape index (κ2) is 5.84. The number of hydrogen-bond donors (Lipinski definition) is 1. The zero-order valence-corrected chi connectivity index (χ0v) is 12.6. The topological polar surface area (TPSA) is 32.5 Å². The van der Waals surface area contributed by atoms with E-state index in [-0.39, 0.29) is 5.54 Å². The molecule has 3 fully saturated rings. The third-order valence-electron chi connectivity index (χ3n) is 5.43. The smallest absolute Gasteiger partial charge is 0.0490 e. The van der Waals surface area contributed by atoms with Gasteiger partial charge >= 0.3 is 0 Å². The van der Waals surface area contributed by atoms with Crippen molar-refractivity contribution in [2.75, 3.05) is 32.7 Å². The molecule has 3 nitrogen and oxygen atoms in total. The van der Waals surface area contributed by atoms with Crippen LogP contribution in [0.3, 0.4) is 0 Å². The quantitative estimate of drug-likeness (QED) is 0.890. The molecule has 3 heterocycles. The summed E-state index contributed by atoms with van der Waals surface area (Å²) in [6.07, 6.45) is 2.64. The van der Waals surface area contributed by atoms with E-state index in [0.717, 1.165) is 32.1 Å². The highest BCUT2D eigenvalue weighted by molar-refractivity contribution is 5.16. The highest BCUT2D eigenvalue weighted by atomic mass is 15.3. The Balaban J connectivity index is 1.83. The van der Waals surface area contributed by atoms with Crippen molar-refractivity contribution < 1.29 is 0 Å². The Hall–Kier alpha value is -0.900. The monoisotopic (exact) mass is 273 g/mol. The van der Waals surface area contributed by atoms with Crippen LogP contribution >= 0.6 is 0 Å². The molecule has 3 heteroatoms. The van der Waals surface area contributed by atoms with E-state index in [1.54, 1.807) is 0 Å². The van der Waals surface area contributed by atoms with E-state index in [1.807, 2.05) is 0 Å². The molecule has 0 saturated carbocycles. The van der Waals surface area contributed by atoms with E-state index in [0.29, 0.717) is 0 Å². The summed E-state index contributed by atoms with van der Waals surface area (Å²) < 4.78 is 0. The predicted molar refractivity (Wildman–Crippen MR) is 83.5 cm³/mol. The molecule has 1 aromatic carbocycles. The lowest BCUT2D eigenvalue weighted by Crippen LogP contribution is -2.69. The fourth-order valence-corrected chi connectivity index (χ4v) is 4.25. The van der Waals surface area contributed by atoms with E-state index >= 15 is 0 Å². The highest BCUT2D eigenvalue weighted by Crippen LogP contribution is 2.39. The Morgan fingerprint density at radius 2 is 1.95 bits per heavy atom. The average molecular weight is 273 g/mol. The van der Waals surface area contributed by atoms with E-state index in [2.05, 4.69) is 47.1 Å². The number of rotatable bonds is 5. The maximum atomic E-state index is 6.29. The molecule has 0 radical (unpaired) electrons. The number of hydrogen-bond acceptors (Lipinski definition) is 3. The maximum absolute atomic E-state index is 6.29. The minimum atomic E-state index is 0.196. The summed E-state index contributed by atoms with van der Waals surface area (Å²) in [7, 11) is 0. The fraction of sp³-hybridized carbons (Fsp3) is 0.647. The van der Waals surface area contributed by atoms with Crippen molar-refractivity contribution in [3.05, 3.63) is 35.9 Å². The Morgan fingerprint density at radius 3 is 2.45 bits per heavy atom. The van der Waals surface area contributed by atoms with E-state index < -0.39 is 0 Å². The number of nitrogens with zero attached hydrogens (tertiary/aromatic N) is 2. The van der Waals surface area contributed by atoms with Crippen LogP contribution in [0.4, 0.5) is 0 Å². The van der Waals surface area contributed by atoms with Gasteiger partial charge in [-0.15, -0.1) is 0 Å². The van der Waals surface area contributed by atoms with Gasteiger partial charge in [-0.2, -0.15) is 0 Å². The minimum Gasteiger partial charge on any atom is -0.329 e. The number of fused-ring (bicyclic) bond motifs is 3. The normalized spacial score (nSPS) is 32.8. The van der Waals surface area contributed by atoms with Crippen LogP contribution in [-0.2, 0) is 6.54 Å². The molecule has 1 aromatic rings. The Labute approximate surface area is 122 Å². The van der Waals surface area contributed by atoms with Crippen molar-refractivity contribution in [2.24, 2.45) is 11.7 Å². The predicted octanol–water partition coefficient (Wildman–Crippen LogP) is 1.93. The summed E-state index contributed by atoms with van der Waals surface area (Å²) in [6.45, 7) is 8.88. The summed E-state index contributed by atoms with van der Waals surface area (Å²) in [4.78, 5) is 5.25. The van der Waals surface area contributed by atoms with Crippen molar-refractivity contribution in [1.82, 2.24) is 9.80 Å². The van der Waals surface area contributed by atoms with Crippen LogP contribution in [-0.4, -0.2) is 48.1 Å². The molecule has 110 valence electrons. The number of nitrogens with two attached hydrogens (primary N) is 1. The largest absolute Gasteiger partial charge is 0.329 e. The molecular formula is C17H27N3. The molecule has 2 bridgehead atoms. The second-order valence-corrected chi connectivity index (χ2v) is 6.36. The van der Waals surface area contributed by atoms with Gasteiger partial charge in [-0.05, 0) is 44.0 Å². The van der Waals surface area contributed by atoms with Crippen molar-refractivity contribution in [3.63, 3.8) is 0 Å². The molecule has 20 heavy (non-hydrogen) atoms. The molecule has 1 unspecified atom stereocenters. The standard InChI is InChI=1S/C17H27N3/c1-2-20(12-15-6-4-3-5-7-15)17(13-18)14-19-10-8-16(17)9-11-19/h3-7,16H,2,8-14,18H2,1H3. The highest BCUT2D eigenvalue weighted by Gasteiger charge is 2.48. The lowest BCUT2D eigenvalue weighted by atomic mass is 9.71. The van der Waals surface area contributed by atoms with Crippen LogP contribution in [0.15, 0.2) is 30.3 Å². The SMILES string of the molecule is CCN(Cc1ccccc1)C1(CN)CN2CCC1CC2. The molecule has 4 rings (SSSR count). The zero-order chi connectivity index (χ0) is 14.0. The van der Waals surface area contributed by atoms with Crippen LogP contribution in [0.1, 0.15) is 25.3 Å². The van der Waals surface area contributed by atoms with Gasteiger partial charge < -0.3 is 10.6 Å². The first-order chi connectivity index (χ1) is 9.78. The maximum Gasteiger partial charge on any atom is 0.0490 e. The van der Waals surface area contributed by atoms with E-state index in [9.17, 15) is 0 Å². The second-order valence-electron chi connectivity index (χ2n) is 6.36. The summed E-state index contributed by atoms with van der Waals surface area (Å²) in [6, 6.07) is 10.8. The lowest BCUT2D eigenvalue weighted by Gasteiger charge is -2.57. The fourth-order valence-electron chi connectivity index (χ4n) is 4.25. The van der Waals surface area contributed by atoms with Gasteiger partial charge in [0.05, 0.1) is 0 Å². The average Bonchev–Trinajstić information content (AvgIpc) is 2.54. The first-order valence-electron chi connectivity index (χ1n) is 8.00. The van der Waals surface area contributed by atoms with Crippen LogP contribution < -0.4 is 5.73 Å². The Kier molecular flexibility index (Phi) is 4.11. The first-order valence-corrected chi connectivity index (χ1v) is 8.00. The Bertz CT molecular complexity index is 425. The molecule has 3 aliphatic rings. The van der Waals surface area contributed by atoms with Gasteiger partial charge in [0.2, 0.25) is 0 Å². The van der Waals surface area contributed by atoms with Gasteiger partial charge in [0, 0.05) is 25.2 Å². The number of piperidine rings is 3. The summed E-state index contributed by atoms with van der Waals surface area (Å²) >= 11 is 0. The third-order valence-corrected chi connectivity index (χ3v) is 5.43. The van der Waals surface area contributed by atoms with Gasteiger partial charge in [0.1, 0.15) is 0 Å². The minimum absolute atomic E-state index is 0.196. The van der Waals surface area contributed by atoms with Gasteiger partial charge in [-0.1, -0.05) is 37.3 Å². The first kappa shape index (κ1) is 14.1. The third kappa shape index (κ3) is 2.39. The molecule has 3 saturated heterocycles. The van der Waals surface area contributed by atoms with Crippen LogP contribution in [0.2, 0.25) is 0 Å². The van der Waals surface area contributed by atoms with Crippen molar-refractivity contribution in [2.45, 2.75) is 31.8 Å². The zero-order valence-electron chi connectivity index (χ0n) is 12.6. The summed E-state index contributed by atoms with van der Waals surface area (Å²) in [5.74, 6) is 0.779. The van der Waals surface area contributed by atoms with E-state index in [1.165, 1.54) is 31.5 Å². The van der Waals surface area contributed by atoms with Crippen LogP contribution in [0.5, 0.6) is 0 Å². The van der Waals surface area contributed by atoms with Gasteiger partial charge in [-0.3, -0.25) is 4.90 Å². The molecular weight excluding hydrogens is 246 g/mol. The van der Waals surface area contributed by atoms with Crippen molar-refractivity contribution in [1.29, 1.82) is 0 Å². The lowest BCUT2D eigenvalue weighted by molar-refractivity contribution is -0.0692. The van der Waals surface area contributed by atoms with Crippen molar-refractivity contribution >= 4 is 0 Å². The van der Waals surface area contributed by atoms with Crippen molar-refractivity contribution in [3.8, 4) is 0 Å². The summed E-state index contributed by atoms with van der Waals surface area (Å²) in [5.41, 5.74) is 7.88. The number of likely N-dealkylation sites (N-methyl/N-ethyl adjacent to an activating group) is 1. The molecule has 0 aromatic heterocycles. The van der Waals surface area contributed by atoms with Gasteiger partial charge in [0.15, 0.2) is 0 Å². The van der Waals surface area contributed by atoms with Gasteiger partial charge in [-0.25, -0.2) is 0 Å². The molecule has 0 amide bonds. The number of benzene rings is 1. The van der Waals surface area contributed by atoms with Gasteiger partial charge in [0.25, 0.3) is 0 Å². The Morgan fingerprint density at radius 1 is 1.25 bits per heavy atom. The van der Waals surface area contributed by atoms with E-state index in [4.69, 9.17) is 5.73 Å². The molecule has 0 spiro atoms. The molecule has 3 aliphatic heterocycles. The van der Waals surface area contributed by atoms with Crippen LogP contribution in [0.25, 0.3) is 0 Å². The summed E-state index contributed by atoms with van der Waals surface area (Å²) in [5, 5.41) is 0.